The molecule has 1 aromatic heterocycles. The van der Waals surface area contributed by atoms with Crippen LogP contribution < -0.4 is 10.2 Å². The molecule has 1 aliphatic heterocycles. The lowest BCUT2D eigenvalue weighted by atomic mass is 9.74. The second-order valence-corrected chi connectivity index (χ2v) is 10.1. The van der Waals surface area contributed by atoms with E-state index in [0.717, 1.165) is 53.2 Å². The summed E-state index contributed by atoms with van der Waals surface area (Å²) in [6.45, 7) is 6.42. The Labute approximate surface area is 183 Å². The summed E-state index contributed by atoms with van der Waals surface area (Å²) in [6.07, 6.45) is 4.76. The van der Waals surface area contributed by atoms with Crippen LogP contribution in [0.2, 0.25) is 0 Å². The number of benzene rings is 1. The highest BCUT2D eigenvalue weighted by Crippen LogP contribution is 2.49. The zero-order valence-corrected chi connectivity index (χ0v) is 18.8. The number of amides is 1. The van der Waals surface area contributed by atoms with Crippen LogP contribution in [0, 0.1) is 5.41 Å². The van der Waals surface area contributed by atoms with Crippen molar-refractivity contribution < 1.29 is 9.59 Å². The largest absolute Gasteiger partial charge is 0.357 e. The van der Waals surface area contributed by atoms with Crippen LogP contribution in [0.3, 0.4) is 0 Å². The number of nitrogens with one attached hydrogen (secondary N) is 1. The minimum atomic E-state index is -0.367. The van der Waals surface area contributed by atoms with E-state index in [-0.39, 0.29) is 23.1 Å². The van der Waals surface area contributed by atoms with Gasteiger partial charge in [0.25, 0.3) is 0 Å². The lowest BCUT2D eigenvalue weighted by Gasteiger charge is -2.36. The molecule has 2 heterocycles. The van der Waals surface area contributed by atoms with Crippen LogP contribution in [0.4, 0.5) is 11.4 Å². The minimum absolute atomic E-state index is 0.0856. The molecule has 4 rings (SSSR count). The van der Waals surface area contributed by atoms with E-state index in [0.29, 0.717) is 12.8 Å². The highest BCUT2D eigenvalue weighted by atomic mass is 32.1. The van der Waals surface area contributed by atoms with Crippen LogP contribution in [0.15, 0.2) is 53.0 Å². The van der Waals surface area contributed by atoms with Crippen molar-refractivity contribution in [3.8, 4) is 0 Å². The van der Waals surface area contributed by atoms with Crippen molar-refractivity contribution in [1.29, 1.82) is 0 Å². The van der Waals surface area contributed by atoms with Gasteiger partial charge >= 0.3 is 0 Å². The van der Waals surface area contributed by atoms with E-state index in [9.17, 15) is 9.59 Å². The van der Waals surface area contributed by atoms with Gasteiger partial charge in [0.05, 0.1) is 11.4 Å². The van der Waals surface area contributed by atoms with Gasteiger partial charge in [0.15, 0.2) is 5.78 Å². The summed E-state index contributed by atoms with van der Waals surface area (Å²) in [4.78, 5) is 30.0. The predicted octanol–water partition coefficient (Wildman–Crippen LogP) is 6.47. The molecule has 0 spiro atoms. The molecule has 0 fully saturated rings. The molecular weight excluding hydrogens is 392 g/mol. The number of anilines is 2. The third-order valence-corrected chi connectivity index (χ3v) is 6.90. The lowest BCUT2D eigenvalue weighted by molar-refractivity contribution is -0.119. The first kappa shape index (κ1) is 20.9. The van der Waals surface area contributed by atoms with E-state index in [1.807, 2.05) is 46.7 Å². The van der Waals surface area contributed by atoms with Gasteiger partial charge in [0.2, 0.25) is 5.91 Å². The smallest absolute Gasteiger partial charge is 0.227 e. The standard InChI is InChI=1S/C25H30N2O2S/c1-4-5-6-13-22(29)27-19-11-8-7-10-17(19)26-18-15-25(2,3)16-20(28)23(18)24(27)21-12-9-14-30-21/h7-12,14,24,26H,4-6,13,15-16H2,1-3H3/t24-/m1/s1. The van der Waals surface area contributed by atoms with Gasteiger partial charge < -0.3 is 5.32 Å². The molecule has 30 heavy (non-hydrogen) atoms. The monoisotopic (exact) mass is 422 g/mol. The number of thiophene rings is 1. The summed E-state index contributed by atoms with van der Waals surface area (Å²) in [6, 6.07) is 11.6. The highest BCUT2D eigenvalue weighted by molar-refractivity contribution is 7.10. The summed E-state index contributed by atoms with van der Waals surface area (Å²) < 4.78 is 0. The Morgan fingerprint density at radius 2 is 1.97 bits per heavy atom. The Bertz CT molecular complexity index is 975. The minimum Gasteiger partial charge on any atom is -0.357 e. The van der Waals surface area contributed by atoms with Crippen LogP contribution >= 0.6 is 11.3 Å². The van der Waals surface area contributed by atoms with E-state index in [4.69, 9.17) is 0 Å². The lowest BCUT2D eigenvalue weighted by Crippen LogP contribution is -2.39. The van der Waals surface area contributed by atoms with Gasteiger partial charge in [-0.1, -0.05) is 51.8 Å². The molecule has 1 aromatic carbocycles. The number of carbonyl (C=O) groups excluding carboxylic acids is 2. The summed E-state index contributed by atoms with van der Waals surface area (Å²) in [5.41, 5.74) is 3.39. The maximum atomic E-state index is 13.6. The van der Waals surface area contributed by atoms with Gasteiger partial charge in [-0.05, 0) is 41.8 Å². The summed E-state index contributed by atoms with van der Waals surface area (Å²) in [5.74, 6) is 0.230. The normalized spacial score (nSPS) is 20.3. The number of rotatable bonds is 5. The SMILES string of the molecule is CCCCCC(=O)N1c2ccccc2NC2=C(C(=O)CC(C)(C)C2)[C@H]1c1cccs1. The number of fused-ring (bicyclic) bond motifs is 1. The number of unbranched alkanes of at least 4 members (excludes halogenated alkanes) is 2. The second-order valence-electron chi connectivity index (χ2n) is 9.11. The average molecular weight is 423 g/mol. The molecule has 4 nitrogen and oxygen atoms in total. The van der Waals surface area contributed by atoms with Crippen molar-refractivity contribution >= 4 is 34.4 Å². The first-order valence-electron chi connectivity index (χ1n) is 10.9. The molecule has 2 aromatic rings. The molecule has 0 saturated heterocycles. The molecule has 0 radical (unpaired) electrons. The molecule has 2 aliphatic rings. The zero-order valence-electron chi connectivity index (χ0n) is 18.0. The highest BCUT2D eigenvalue weighted by Gasteiger charge is 2.43. The predicted molar refractivity (Wildman–Crippen MR) is 124 cm³/mol. The number of para-hydroxylation sites is 2. The Morgan fingerprint density at radius 1 is 1.17 bits per heavy atom. The Hall–Kier alpha value is -2.40. The molecule has 1 amide bonds. The molecule has 0 saturated carbocycles. The van der Waals surface area contributed by atoms with Crippen molar-refractivity contribution in [3.63, 3.8) is 0 Å². The van der Waals surface area contributed by atoms with E-state index in [1.54, 1.807) is 11.3 Å². The molecule has 158 valence electrons. The van der Waals surface area contributed by atoms with Crippen LogP contribution in [0.1, 0.15) is 70.2 Å². The third kappa shape index (κ3) is 3.95. The number of Topliss-reactive ketones (excluding diaryl/α,β-unsaturated/α-hetero) is 1. The number of ketones is 1. The molecule has 0 bridgehead atoms. The molecular formula is C25H30N2O2S. The summed E-state index contributed by atoms with van der Waals surface area (Å²) >= 11 is 1.61. The van der Waals surface area contributed by atoms with Gasteiger partial charge in [-0.15, -0.1) is 11.3 Å². The Morgan fingerprint density at radius 3 is 2.70 bits per heavy atom. The molecule has 5 heteroatoms. The number of hydrogen-bond donors (Lipinski definition) is 1. The summed E-state index contributed by atoms with van der Waals surface area (Å²) in [5, 5.41) is 5.59. The fourth-order valence-corrected chi connectivity index (χ4v) is 5.45. The quantitative estimate of drug-likeness (QED) is 0.562. The average Bonchev–Trinajstić information content (AvgIpc) is 3.17. The number of hydrogen-bond acceptors (Lipinski definition) is 4. The molecule has 1 atom stereocenters. The van der Waals surface area contributed by atoms with Crippen LogP contribution in [0.25, 0.3) is 0 Å². The van der Waals surface area contributed by atoms with Crippen molar-refractivity contribution in [2.24, 2.45) is 5.41 Å². The fourth-order valence-electron chi connectivity index (χ4n) is 4.63. The maximum absolute atomic E-state index is 13.6. The Kier molecular flexibility index (Phi) is 5.83. The third-order valence-electron chi connectivity index (χ3n) is 5.98. The van der Waals surface area contributed by atoms with Gasteiger partial charge in [-0.2, -0.15) is 0 Å². The summed E-state index contributed by atoms with van der Waals surface area (Å²) in [7, 11) is 0. The van der Waals surface area contributed by atoms with E-state index < -0.39 is 0 Å². The van der Waals surface area contributed by atoms with E-state index in [2.05, 4.69) is 26.1 Å². The van der Waals surface area contributed by atoms with Crippen LogP contribution in [0.5, 0.6) is 0 Å². The topological polar surface area (TPSA) is 49.4 Å². The fraction of sp³-hybridized carbons (Fsp3) is 0.440. The number of nitrogens with zero attached hydrogens (tertiary/aromatic N) is 1. The van der Waals surface area contributed by atoms with Gasteiger partial charge in [-0.25, -0.2) is 0 Å². The number of allylic oxidation sites excluding steroid dienone is 1. The van der Waals surface area contributed by atoms with Crippen molar-refractivity contribution in [1.82, 2.24) is 0 Å². The Balaban J connectivity index is 1.89. The van der Waals surface area contributed by atoms with Gasteiger partial charge in [0, 0.05) is 29.0 Å². The van der Waals surface area contributed by atoms with Crippen LogP contribution in [-0.2, 0) is 9.59 Å². The van der Waals surface area contributed by atoms with Crippen LogP contribution in [-0.4, -0.2) is 11.7 Å². The number of carbonyl (C=O) groups is 2. The van der Waals surface area contributed by atoms with E-state index in [1.165, 1.54) is 0 Å². The van der Waals surface area contributed by atoms with Crippen molar-refractivity contribution in [3.05, 3.63) is 57.9 Å². The first-order valence-corrected chi connectivity index (χ1v) is 11.8. The second kappa shape index (κ2) is 8.38. The molecule has 0 unspecified atom stereocenters. The first-order chi connectivity index (χ1) is 14.4. The van der Waals surface area contributed by atoms with Gasteiger partial charge in [-0.3, -0.25) is 14.5 Å². The maximum Gasteiger partial charge on any atom is 0.227 e. The van der Waals surface area contributed by atoms with E-state index >= 15 is 0 Å². The zero-order chi connectivity index (χ0) is 21.3. The molecule has 1 N–H and O–H groups in total. The van der Waals surface area contributed by atoms with Crippen molar-refractivity contribution in [2.75, 3.05) is 10.2 Å². The van der Waals surface area contributed by atoms with Gasteiger partial charge in [0.1, 0.15) is 6.04 Å². The van der Waals surface area contributed by atoms with Crippen molar-refractivity contribution in [2.45, 2.75) is 65.3 Å². The molecule has 1 aliphatic carbocycles.